The van der Waals surface area contributed by atoms with Crippen LogP contribution in [0.4, 0.5) is 0 Å². The maximum atomic E-state index is 12.4. The Morgan fingerprint density at radius 1 is 1.33 bits per heavy atom. The third-order valence-electron chi connectivity index (χ3n) is 2.68. The molecule has 0 fully saturated rings. The topological polar surface area (TPSA) is 49.4 Å². The Hall–Kier alpha value is -0.820. The summed E-state index contributed by atoms with van der Waals surface area (Å²) in [6.45, 7) is 8.05. The molecule has 21 heavy (non-hydrogen) atoms. The number of nitrogens with zero attached hydrogens (tertiary/aromatic N) is 1. The third-order valence-corrected chi connectivity index (χ3v) is 4.26. The van der Waals surface area contributed by atoms with Crippen molar-refractivity contribution in [1.29, 1.82) is 0 Å². The molecule has 0 unspecified atom stereocenters. The summed E-state index contributed by atoms with van der Waals surface area (Å²) < 4.78 is 0.888. The third kappa shape index (κ3) is 5.82. The van der Waals surface area contributed by atoms with Gasteiger partial charge in [0.25, 0.3) is 5.91 Å². The molecule has 1 aromatic carbocycles. The monoisotopic (exact) mass is 422 g/mol. The Kier molecular flexibility index (Phi) is 6.46. The molecule has 0 saturated carbocycles. The average molecular weight is 423 g/mol. The fourth-order valence-corrected chi connectivity index (χ4v) is 2.29. The number of carbonyl (C=O) groups is 2. The minimum Gasteiger partial charge on any atom is -0.350 e. The lowest BCUT2D eigenvalue weighted by molar-refractivity contribution is -0.123. The summed E-state index contributed by atoms with van der Waals surface area (Å²) in [6, 6.07) is 5.15. The molecule has 0 saturated heterocycles. The van der Waals surface area contributed by atoms with Gasteiger partial charge in [0.1, 0.15) is 0 Å². The van der Waals surface area contributed by atoms with Gasteiger partial charge in [0.2, 0.25) is 5.91 Å². The van der Waals surface area contributed by atoms with Gasteiger partial charge in [-0.2, -0.15) is 0 Å². The fourth-order valence-electron chi connectivity index (χ4n) is 1.77. The first-order valence-corrected chi connectivity index (χ1v) is 8.15. The lowest BCUT2D eigenvalue weighted by Crippen LogP contribution is -2.47. The quantitative estimate of drug-likeness (QED) is 0.757. The standard InChI is InChI=1S/C15H20ClIN2O2/c1-5-19(9-13(20)18-15(2,3)4)14(21)10-6-7-12(17)11(16)8-10/h6-8H,5,9H2,1-4H3,(H,18,20). The van der Waals surface area contributed by atoms with E-state index >= 15 is 0 Å². The van der Waals surface area contributed by atoms with Crippen LogP contribution in [0.2, 0.25) is 5.02 Å². The minimum absolute atomic E-state index is 0.0379. The highest BCUT2D eigenvalue weighted by Gasteiger charge is 2.20. The first-order chi connectivity index (χ1) is 9.64. The van der Waals surface area contributed by atoms with E-state index in [2.05, 4.69) is 27.9 Å². The molecule has 1 aromatic rings. The SMILES string of the molecule is CCN(CC(=O)NC(C)(C)C)C(=O)c1ccc(I)c(Cl)c1. The van der Waals surface area contributed by atoms with Crippen molar-refractivity contribution in [3.05, 3.63) is 32.4 Å². The Balaban J connectivity index is 2.82. The highest BCUT2D eigenvalue weighted by atomic mass is 127. The van der Waals surface area contributed by atoms with Crippen LogP contribution in [0, 0.1) is 3.57 Å². The van der Waals surface area contributed by atoms with Crippen molar-refractivity contribution in [2.24, 2.45) is 0 Å². The summed E-state index contributed by atoms with van der Waals surface area (Å²) >= 11 is 8.15. The second kappa shape index (κ2) is 7.45. The summed E-state index contributed by atoms with van der Waals surface area (Å²) in [6.07, 6.45) is 0. The van der Waals surface area contributed by atoms with Crippen LogP contribution in [-0.2, 0) is 4.79 Å². The first-order valence-electron chi connectivity index (χ1n) is 6.69. The van der Waals surface area contributed by atoms with Crippen molar-refractivity contribution in [2.45, 2.75) is 33.2 Å². The predicted octanol–water partition coefficient (Wildman–Crippen LogP) is 3.32. The van der Waals surface area contributed by atoms with E-state index in [0.29, 0.717) is 17.1 Å². The van der Waals surface area contributed by atoms with Crippen LogP contribution in [0.1, 0.15) is 38.1 Å². The van der Waals surface area contributed by atoms with Crippen LogP contribution in [0.25, 0.3) is 0 Å². The van der Waals surface area contributed by atoms with E-state index in [4.69, 9.17) is 11.6 Å². The molecule has 0 atom stereocenters. The maximum absolute atomic E-state index is 12.4. The normalized spacial score (nSPS) is 11.1. The molecule has 0 aliphatic heterocycles. The summed E-state index contributed by atoms with van der Waals surface area (Å²) in [5, 5.41) is 3.39. The van der Waals surface area contributed by atoms with Crippen molar-refractivity contribution < 1.29 is 9.59 Å². The zero-order chi connectivity index (χ0) is 16.2. The number of halogens is 2. The molecule has 116 valence electrons. The van der Waals surface area contributed by atoms with Gasteiger partial charge in [-0.3, -0.25) is 9.59 Å². The summed E-state index contributed by atoms with van der Waals surface area (Å²) in [4.78, 5) is 25.9. The number of hydrogen-bond donors (Lipinski definition) is 1. The number of carbonyl (C=O) groups excluding carboxylic acids is 2. The lowest BCUT2D eigenvalue weighted by atomic mass is 10.1. The summed E-state index contributed by atoms with van der Waals surface area (Å²) in [5.41, 5.74) is 0.178. The van der Waals surface area contributed by atoms with Crippen LogP contribution in [-0.4, -0.2) is 35.3 Å². The van der Waals surface area contributed by atoms with Crippen LogP contribution in [0.15, 0.2) is 18.2 Å². The van der Waals surface area contributed by atoms with E-state index in [-0.39, 0.29) is 23.9 Å². The van der Waals surface area contributed by atoms with E-state index in [1.165, 1.54) is 4.90 Å². The molecular formula is C15H20ClIN2O2. The Morgan fingerprint density at radius 2 is 1.95 bits per heavy atom. The maximum Gasteiger partial charge on any atom is 0.254 e. The van der Waals surface area contributed by atoms with Gasteiger partial charge in [-0.05, 0) is 68.5 Å². The van der Waals surface area contributed by atoms with Crippen molar-refractivity contribution in [1.82, 2.24) is 10.2 Å². The molecule has 0 aliphatic rings. The number of likely N-dealkylation sites (N-methyl/N-ethyl adjacent to an activating group) is 1. The van der Waals surface area contributed by atoms with E-state index in [1.54, 1.807) is 18.2 Å². The van der Waals surface area contributed by atoms with Gasteiger partial charge in [-0.15, -0.1) is 0 Å². The van der Waals surface area contributed by atoms with Gasteiger partial charge in [0.15, 0.2) is 0 Å². The van der Waals surface area contributed by atoms with Crippen molar-refractivity contribution in [3.8, 4) is 0 Å². The number of hydrogen-bond acceptors (Lipinski definition) is 2. The van der Waals surface area contributed by atoms with E-state index in [0.717, 1.165) is 3.57 Å². The van der Waals surface area contributed by atoms with Crippen LogP contribution >= 0.6 is 34.2 Å². The van der Waals surface area contributed by atoms with Gasteiger partial charge >= 0.3 is 0 Å². The van der Waals surface area contributed by atoms with E-state index in [1.807, 2.05) is 27.7 Å². The lowest BCUT2D eigenvalue weighted by Gasteiger charge is -2.25. The Morgan fingerprint density at radius 3 is 2.43 bits per heavy atom. The molecule has 1 N–H and O–H groups in total. The second-order valence-electron chi connectivity index (χ2n) is 5.75. The van der Waals surface area contributed by atoms with Crippen LogP contribution in [0.5, 0.6) is 0 Å². The molecule has 2 amide bonds. The van der Waals surface area contributed by atoms with Crippen molar-refractivity contribution >= 4 is 46.0 Å². The van der Waals surface area contributed by atoms with E-state index < -0.39 is 0 Å². The molecule has 0 spiro atoms. The molecule has 0 heterocycles. The highest BCUT2D eigenvalue weighted by molar-refractivity contribution is 14.1. The molecule has 6 heteroatoms. The predicted molar refractivity (Wildman–Crippen MR) is 93.6 cm³/mol. The summed E-state index contributed by atoms with van der Waals surface area (Å²) in [7, 11) is 0. The number of amides is 2. The van der Waals surface area contributed by atoms with Crippen LogP contribution in [0.3, 0.4) is 0 Å². The largest absolute Gasteiger partial charge is 0.350 e. The molecule has 0 bridgehead atoms. The highest BCUT2D eigenvalue weighted by Crippen LogP contribution is 2.20. The fraction of sp³-hybridized carbons (Fsp3) is 0.467. The van der Waals surface area contributed by atoms with Crippen molar-refractivity contribution in [3.63, 3.8) is 0 Å². The second-order valence-corrected chi connectivity index (χ2v) is 7.32. The molecule has 0 aromatic heterocycles. The van der Waals surface area contributed by atoms with Gasteiger partial charge in [0.05, 0.1) is 11.6 Å². The molecule has 4 nitrogen and oxygen atoms in total. The zero-order valence-electron chi connectivity index (χ0n) is 12.7. The van der Waals surface area contributed by atoms with Gasteiger partial charge in [-0.1, -0.05) is 11.6 Å². The molecule has 0 aliphatic carbocycles. The molecule has 0 radical (unpaired) electrons. The average Bonchev–Trinajstić information content (AvgIpc) is 2.36. The van der Waals surface area contributed by atoms with Gasteiger partial charge in [0, 0.05) is 21.2 Å². The number of benzene rings is 1. The van der Waals surface area contributed by atoms with Gasteiger partial charge < -0.3 is 10.2 Å². The Bertz CT molecular complexity index is 541. The number of nitrogens with one attached hydrogen (secondary N) is 1. The van der Waals surface area contributed by atoms with E-state index in [9.17, 15) is 9.59 Å². The summed E-state index contributed by atoms with van der Waals surface area (Å²) in [5.74, 6) is -0.367. The Labute approximate surface area is 144 Å². The molecular weight excluding hydrogens is 403 g/mol. The minimum atomic E-state index is -0.314. The van der Waals surface area contributed by atoms with Gasteiger partial charge in [-0.25, -0.2) is 0 Å². The van der Waals surface area contributed by atoms with Crippen LogP contribution < -0.4 is 5.32 Å². The number of rotatable bonds is 4. The first kappa shape index (κ1) is 18.2. The van der Waals surface area contributed by atoms with Crippen molar-refractivity contribution in [2.75, 3.05) is 13.1 Å². The smallest absolute Gasteiger partial charge is 0.254 e. The zero-order valence-corrected chi connectivity index (χ0v) is 15.6. The molecule has 1 rings (SSSR count).